The van der Waals surface area contributed by atoms with Crippen LogP contribution in [0.15, 0.2) is 29.5 Å². The van der Waals surface area contributed by atoms with Crippen LogP contribution < -0.4 is 15.8 Å². The van der Waals surface area contributed by atoms with Gasteiger partial charge in [0.2, 0.25) is 5.95 Å². The summed E-state index contributed by atoms with van der Waals surface area (Å²) in [6.07, 6.45) is -8.08. The molecule has 33 heavy (non-hydrogen) atoms. The number of ether oxygens (including phenoxy) is 1. The average Bonchev–Trinajstić information content (AvgIpc) is 3.16. The van der Waals surface area contributed by atoms with E-state index in [4.69, 9.17) is 4.74 Å². The molecule has 2 N–H and O–H groups in total. The number of hydrogen-bond donors (Lipinski definition) is 2. The molecule has 3 rings (SSSR count). The lowest BCUT2D eigenvalue weighted by molar-refractivity contribution is -0.139. The number of aromatic nitrogens is 3. The van der Waals surface area contributed by atoms with E-state index in [2.05, 4.69) is 15.3 Å². The fourth-order valence-electron chi connectivity index (χ4n) is 3.30. The Labute approximate surface area is 183 Å². The number of halogens is 6. The maximum atomic E-state index is 12.9. The first-order chi connectivity index (χ1) is 15.3. The summed E-state index contributed by atoms with van der Waals surface area (Å²) < 4.78 is 81.6. The molecule has 180 valence electrons. The van der Waals surface area contributed by atoms with Gasteiger partial charge in [-0.2, -0.15) is 26.3 Å². The number of hydrogen-bond acceptors (Lipinski definition) is 6. The van der Waals surface area contributed by atoms with Gasteiger partial charge in [-0.15, -0.1) is 0 Å². The molecule has 1 aliphatic rings. The largest absolute Gasteiger partial charge is 0.446 e. The molecule has 2 aromatic heterocycles. The molecule has 0 unspecified atom stereocenters. The minimum Gasteiger partial charge on any atom is -0.446 e. The van der Waals surface area contributed by atoms with E-state index >= 15 is 0 Å². The Morgan fingerprint density at radius 2 is 1.91 bits per heavy atom. The van der Waals surface area contributed by atoms with Crippen LogP contribution >= 0.6 is 0 Å². The highest BCUT2D eigenvalue weighted by Gasteiger charge is 2.34. The van der Waals surface area contributed by atoms with Gasteiger partial charge in [-0.1, -0.05) is 0 Å². The van der Waals surface area contributed by atoms with Crippen molar-refractivity contribution >= 4 is 12.0 Å². The van der Waals surface area contributed by atoms with Crippen molar-refractivity contribution in [2.45, 2.75) is 44.3 Å². The number of anilines is 1. The van der Waals surface area contributed by atoms with Crippen LogP contribution in [0.3, 0.4) is 0 Å². The van der Waals surface area contributed by atoms with Crippen LogP contribution in [-0.2, 0) is 23.5 Å². The molecule has 8 nitrogen and oxygen atoms in total. The van der Waals surface area contributed by atoms with E-state index in [-0.39, 0.29) is 30.5 Å². The van der Waals surface area contributed by atoms with Crippen LogP contribution in [0.1, 0.15) is 30.0 Å². The van der Waals surface area contributed by atoms with E-state index in [0.29, 0.717) is 31.4 Å². The standard InChI is InChI=1S/C19H19F6N5O3/c1-10(4-11-5-14(19(23,24)25)15(31)26-6-11)33-17(32)29-13-2-3-30(9-13)16-27-7-12(8-28-16)18(20,21)22/h5-8,10,13H,2-4,9H2,1H3,(H,26,31)(H,29,32)/t10-,13-/m0/s1. The predicted molar refractivity (Wildman–Crippen MR) is 102 cm³/mol. The number of aromatic amines is 1. The number of H-pyrrole nitrogens is 1. The van der Waals surface area contributed by atoms with Crippen LogP contribution in [0.25, 0.3) is 0 Å². The average molecular weight is 479 g/mol. The summed E-state index contributed by atoms with van der Waals surface area (Å²) in [5, 5.41) is 2.60. The number of carbonyl (C=O) groups excluding carboxylic acids is 1. The Morgan fingerprint density at radius 1 is 1.24 bits per heavy atom. The molecule has 3 heterocycles. The van der Waals surface area contributed by atoms with Crippen molar-refractivity contribution in [3.8, 4) is 0 Å². The van der Waals surface area contributed by atoms with Crippen LogP contribution in [0.4, 0.5) is 37.1 Å². The summed E-state index contributed by atoms with van der Waals surface area (Å²) in [6.45, 7) is 2.11. The number of carbonyl (C=O) groups is 1. The molecule has 0 aliphatic carbocycles. The van der Waals surface area contributed by atoms with Crippen LogP contribution in [0, 0.1) is 0 Å². The van der Waals surface area contributed by atoms with Crippen LogP contribution in [0.2, 0.25) is 0 Å². The Hall–Kier alpha value is -3.32. The summed E-state index contributed by atoms with van der Waals surface area (Å²) in [4.78, 5) is 34.5. The topological polar surface area (TPSA) is 100 Å². The fraction of sp³-hybridized carbons (Fsp3) is 0.474. The van der Waals surface area contributed by atoms with Gasteiger partial charge in [-0.3, -0.25) is 4.79 Å². The summed E-state index contributed by atoms with van der Waals surface area (Å²) in [6, 6.07) is 0.315. The molecule has 1 saturated heterocycles. The van der Waals surface area contributed by atoms with E-state index in [1.165, 1.54) is 6.92 Å². The first-order valence-corrected chi connectivity index (χ1v) is 9.73. The van der Waals surface area contributed by atoms with Crippen molar-refractivity contribution in [2.24, 2.45) is 0 Å². The number of alkyl carbamates (subject to hydrolysis) is 1. The highest BCUT2D eigenvalue weighted by atomic mass is 19.4. The number of pyridine rings is 1. The third-order valence-electron chi connectivity index (χ3n) is 4.86. The molecule has 1 aliphatic heterocycles. The smallest absolute Gasteiger partial charge is 0.421 e. The summed E-state index contributed by atoms with van der Waals surface area (Å²) >= 11 is 0. The van der Waals surface area contributed by atoms with E-state index < -0.39 is 41.2 Å². The van der Waals surface area contributed by atoms with Crippen LogP contribution in [-0.4, -0.2) is 46.3 Å². The van der Waals surface area contributed by atoms with Crippen molar-refractivity contribution in [1.82, 2.24) is 20.3 Å². The third-order valence-corrected chi connectivity index (χ3v) is 4.86. The Bertz CT molecular complexity index is 1040. The zero-order valence-corrected chi connectivity index (χ0v) is 17.1. The second kappa shape index (κ2) is 9.27. The second-order valence-electron chi connectivity index (χ2n) is 7.51. The predicted octanol–water partition coefficient (Wildman–Crippen LogP) is 3.14. The third kappa shape index (κ3) is 6.35. The molecule has 14 heteroatoms. The summed E-state index contributed by atoms with van der Waals surface area (Å²) in [7, 11) is 0. The monoisotopic (exact) mass is 479 g/mol. The maximum Gasteiger partial charge on any atom is 0.421 e. The number of amides is 1. The molecular weight excluding hydrogens is 460 g/mol. The molecular formula is C19H19F6N5O3. The zero-order chi connectivity index (χ0) is 24.4. The molecule has 2 atom stereocenters. The Balaban J connectivity index is 1.51. The van der Waals surface area contributed by atoms with Gasteiger partial charge in [0.15, 0.2) is 0 Å². The highest BCUT2D eigenvalue weighted by molar-refractivity contribution is 5.68. The Morgan fingerprint density at radius 3 is 2.52 bits per heavy atom. The molecule has 0 radical (unpaired) electrons. The first-order valence-electron chi connectivity index (χ1n) is 9.73. The maximum absolute atomic E-state index is 12.9. The van der Waals surface area contributed by atoms with Gasteiger partial charge in [0.05, 0.1) is 11.6 Å². The lowest BCUT2D eigenvalue weighted by Crippen LogP contribution is -2.39. The molecule has 0 bridgehead atoms. The molecule has 0 saturated carbocycles. The minimum atomic E-state index is -4.81. The number of nitrogens with zero attached hydrogens (tertiary/aromatic N) is 3. The van der Waals surface area contributed by atoms with Crippen molar-refractivity contribution in [2.75, 3.05) is 18.0 Å². The number of nitrogens with one attached hydrogen (secondary N) is 2. The second-order valence-corrected chi connectivity index (χ2v) is 7.51. The van der Waals surface area contributed by atoms with Crippen molar-refractivity contribution in [1.29, 1.82) is 0 Å². The van der Waals surface area contributed by atoms with E-state index in [9.17, 15) is 35.9 Å². The van der Waals surface area contributed by atoms with Gasteiger partial charge in [-0.05, 0) is 25.0 Å². The van der Waals surface area contributed by atoms with Crippen LogP contribution in [0.5, 0.6) is 0 Å². The molecule has 0 aromatic carbocycles. The van der Waals surface area contributed by atoms with Gasteiger partial charge in [0, 0.05) is 38.1 Å². The SMILES string of the molecule is C[C@@H](Cc1c[nH]c(=O)c(C(F)(F)F)c1)OC(=O)N[C@H]1CCN(c2ncc(C(F)(F)F)cn2)C1. The lowest BCUT2D eigenvalue weighted by atomic mass is 10.1. The van der Waals surface area contributed by atoms with E-state index in [1.54, 1.807) is 4.90 Å². The van der Waals surface area contributed by atoms with Gasteiger partial charge in [0.25, 0.3) is 5.56 Å². The van der Waals surface area contributed by atoms with Crippen molar-refractivity contribution in [3.05, 3.63) is 51.7 Å². The molecule has 1 fully saturated rings. The van der Waals surface area contributed by atoms with Crippen molar-refractivity contribution in [3.63, 3.8) is 0 Å². The van der Waals surface area contributed by atoms with Gasteiger partial charge < -0.3 is 19.9 Å². The summed E-state index contributed by atoms with van der Waals surface area (Å²) in [5.74, 6) is 0.0903. The number of alkyl halides is 6. The number of rotatable bonds is 5. The van der Waals surface area contributed by atoms with Gasteiger partial charge >= 0.3 is 18.4 Å². The van der Waals surface area contributed by atoms with Gasteiger partial charge in [-0.25, -0.2) is 14.8 Å². The van der Waals surface area contributed by atoms with Gasteiger partial charge in [0.1, 0.15) is 11.7 Å². The summed E-state index contributed by atoms with van der Waals surface area (Å²) in [5.41, 5.74) is -3.44. The van der Waals surface area contributed by atoms with Crippen molar-refractivity contribution < 1.29 is 35.9 Å². The fourth-order valence-corrected chi connectivity index (χ4v) is 3.30. The quantitative estimate of drug-likeness (QED) is 0.640. The van der Waals surface area contributed by atoms with E-state index in [0.717, 1.165) is 6.20 Å². The molecule has 2 aromatic rings. The zero-order valence-electron chi connectivity index (χ0n) is 17.1. The Kier molecular flexibility index (Phi) is 6.84. The minimum absolute atomic E-state index is 0.0660. The lowest BCUT2D eigenvalue weighted by Gasteiger charge is -2.19. The molecule has 0 spiro atoms. The first kappa shape index (κ1) is 24.3. The van der Waals surface area contributed by atoms with E-state index in [1.807, 2.05) is 4.98 Å². The highest BCUT2D eigenvalue weighted by Crippen LogP contribution is 2.29. The normalized spacial score (nSPS) is 17.7. The molecule has 1 amide bonds.